The minimum atomic E-state index is -0.0424. The molecule has 1 unspecified atom stereocenters. The van der Waals surface area contributed by atoms with Crippen LogP contribution in [0, 0.1) is 0 Å². The van der Waals surface area contributed by atoms with Gasteiger partial charge in [-0.2, -0.15) is 4.98 Å². The van der Waals surface area contributed by atoms with E-state index in [1.807, 2.05) is 0 Å². The molecule has 0 radical (unpaired) electrons. The molecular weight excluding hydrogens is 244 g/mol. The Bertz CT molecular complexity index is 401. The molecule has 2 aliphatic rings. The molecule has 2 atom stereocenters. The quantitative estimate of drug-likeness (QED) is 0.885. The van der Waals surface area contributed by atoms with Crippen LogP contribution in [0.2, 0.25) is 0 Å². The van der Waals surface area contributed by atoms with E-state index in [0.717, 1.165) is 45.6 Å². The van der Waals surface area contributed by atoms with Gasteiger partial charge >= 0.3 is 0 Å². The van der Waals surface area contributed by atoms with E-state index in [4.69, 9.17) is 9.26 Å². The van der Waals surface area contributed by atoms with Gasteiger partial charge in [0.15, 0.2) is 0 Å². The first-order valence-electron chi connectivity index (χ1n) is 7.27. The van der Waals surface area contributed by atoms with E-state index >= 15 is 0 Å². The molecular formula is C13H22N4O2. The van der Waals surface area contributed by atoms with Gasteiger partial charge in [-0.1, -0.05) is 12.1 Å². The topological polar surface area (TPSA) is 63.4 Å². The number of ether oxygens (including phenoxy) is 1. The van der Waals surface area contributed by atoms with E-state index < -0.39 is 0 Å². The van der Waals surface area contributed by atoms with Crippen molar-refractivity contribution in [3.8, 4) is 0 Å². The molecule has 2 fully saturated rings. The van der Waals surface area contributed by atoms with Crippen molar-refractivity contribution in [1.29, 1.82) is 0 Å². The second-order valence-electron chi connectivity index (χ2n) is 5.30. The van der Waals surface area contributed by atoms with Crippen LogP contribution in [0.5, 0.6) is 0 Å². The van der Waals surface area contributed by atoms with Crippen LogP contribution >= 0.6 is 0 Å². The Morgan fingerprint density at radius 3 is 3.21 bits per heavy atom. The van der Waals surface area contributed by atoms with Gasteiger partial charge in [-0.05, 0) is 32.4 Å². The number of hydrogen-bond donors (Lipinski definition) is 1. The number of hydrogen-bond acceptors (Lipinski definition) is 6. The maximum Gasteiger partial charge on any atom is 0.243 e. The molecule has 106 valence electrons. The summed E-state index contributed by atoms with van der Waals surface area (Å²) in [5, 5.41) is 7.47. The highest BCUT2D eigenvalue weighted by Crippen LogP contribution is 2.25. The number of morpholine rings is 1. The third-order valence-electron chi connectivity index (χ3n) is 3.79. The van der Waals surface area contributed by atoms with Crippen LogP contribution in [-0.4, -0.2) is 47.8 Å². The number of nitrogens with one attached hydrogen (secondary N) is 1. The molecule has 1 aromatic heterocycles. The van der Waals surface area contributed by atoms with E-state index in [1.54, 1.807) is 0 Å². The summed E-state index contributed by atoms with van der Waals surface area (Å²) in [6, 6.07) is 0.233. The molecule has 0 aromatic carbocycles. The van der Waals surface area contributed by atoms with Crippen LogP contribution in [-0.2, 0) is 4.74 Å². The summed E-state index contributed by atoms with van der Waals surface area (Å²) in [6.07, 6.45) is 3.37. The summed E-state index contributed by atoms with van der Waals surface area (Å²) < 4.78 is 11.1. The van der Waals surface area contributed by atoms with Crippen molar-refractivity contribution in [2.75, 3.05) is 32.8 Å². The first-order valence-corrected chi connectivity index (χ1v) is 7.27. The van der Waals surface area contributed by atoms with E-state index in [2.05, 4.69) is 27.3 Å². The van der Waals surface area contributed by atoms with Gasteiger partial charge in [-0.3, -0.25) is 4.90 Å². The summed E-state index contributed by atoms with van der Waals surface area (Å²) in [7, 11) is 0. The molecule has 0 spiro atoms. The summed E-state index contributed by atoms with van der Waals surface area (Å²) >= 11 is 0. The normalized spacial score (nSPS) is 28.9. The first-order chi connectivity index (χ1) is 9.36. The largest absolute Gasteiger partial charge is 0.367 e. The average molecular weight is 266 g/mol. The SMILES string of the molecule is CCCN1CCOC(c2noc([C@H]3CCCN3)n2)C1. The molecule has 0 saturated carbocycles. The van der Waals surface area contributed by atoms with Crippen molar-refractivity contribution < 1.29 is 9.26 Å². The maximum absolute atomic E-state index is 5.77. The Kier molecular flexibility index (Phi) is 4.10. The molecule has 2 aliphatic heterocycles. The van der Waals surface area contributed by atoms with Gasteiger partial charge in [0.05, 0.1) is 12.6 Å². The lowest BCUT2D eigenvalue weighted by Crippen LogP contribution is -2.39. The standard InChI is InChI=1S/C13H22N4O2/c1-2-6-17-7-8-18-11(9-17)12-15-13(19-16-12)10-4-3-5-14-10/h10-11,14H,2-9H2,1H3/t10-,11?/m1/s1. The van der Waals surface area contributed by atoms with Crippen LogP contribution in [0.15, 0.2) is 4.52 Å². The number of rotatable bonds is 4. The third kappa shape index (κ3) is 2.96. The summed E-state index contributed by atoms with van der Waals surface area (Å²) in [6.45, 7) is 6.95. The average Bonchev–Trinajstić information content (AvgIpc) is 3.11. The zero-order valence-corrected chi connectivity index (χ0v) is 11.5. The van der Waals surface area contributed by atoms with Crippen molar-refractivity contribution in [2.24, 2.45) is 0 Å². The van der Waals surface area contributed by atoms with E-state index in [0.29, 0.717) is 11.7 Å². The highest BCUT2D eigenvalue weighted by Gasteiger charge is 2.28. The molecule has 3 heterocycles. The molecule has 6 heteroatoms. The summed E-state index contributed by atoms with van der Waals surface area (Å²) in [5.41, 5.74) is 0. The number of nitrogens with zero attached hydrogens (tertiary/aromatic N) is 3. The molecule has 6 nitrogen and oxygen atoms in total. The number of aromatic nitrogens is 2. The fourth-order valence-electron chi connectivity index (χ4n) is 2.79. The predicted octanol–water partition coefficient (Wildman–Crippen LogP) is 1.28. The molecule has 2 saturated heterocycles. The van der Waals surface area contributed by atoms with Crippen LogP contribution in [0.25, 0.3) is 0 Å². The summed E-state index contributed by atoms with van der Waals surface area (Å²) in [5.74, 6) is 1.41. The van der Waals surface area contributed by atoms with Gasteiger partial charge < -0.3 is 14.6 Å². The smallest absolute Gasteiger partial charge is 0.243 e. The molecule has 1 aromatic rings. The second-order valence-corrected chi connectivity index (χ2v) is 5.30. The molecule has 19 heavy (non-hydrogen) atoms. The summed E-state index contributed by atoms with van der Waals surface area (Å²) in [4.78, 5) is 6.92. The van der Waals surface area contributed by atoms with Crippen LogP contribution in [0.4, 0.5) is 0 Å². The lowest BCUT2D eigenvalue weighted by molar-refractivity contribution is -0.0350. The van der Waals surface area contributed by atoms with E-state index in [-0.39, 0.29) is 12.1 Å². The Morgan fingerprint density at radius 1 is 1.47 bits per heavy atom. The lowest BCUT2D eigenvalue weighted by Gasteiger charge is -2.30. The highest BCUT2D eigenvalue weighted by molar-refractivity contribution is 4.99. The van der Waals surface area contributed by atoms with Gasteiger partial charge in [0, 0.05) is 13.1 Å². The fraction of sp³-hybridized carbons (Fsp3) is 0.846. The Balaban J connectivity index is 1.64. The third-order valence-corrected chi connectivity index (χ3v) is 3.79. The zero-order valence-electron chi connectivity index (χ0n) is 11.5. The van der Waals surface area contributed by atoms with Crippen molar-refractivity contribution in [2.45, 2.75) is 38.3 Å². The Labute approximate surface area is 113 Å². The highest BCUT2D eigenvalue weighted by atomic mass is 16.5. The van der Waals surface area contributed by atoms with Gasteiger partial charge in [0.1, 0.15) is 6.10 Å². The van der Waals surface area contributed by atoms with Gasteiger partial charge in [0.2, 0.25) is 11.7 Å². The fourth-order valence-corrected chi connectivity index (χ4v) is 2.79. The minimum absolute atomic E-state index is 0.0424. The minimum Gasteiger partial charge on any atom is -0.367 e. The van der Waals surface area contributed by atoms with Gasteiger partial charge in [-0.25, -0.2) is 0 Å². The van der Waals surface area contributed by atoms with Crippen molar-refractivity contribution in [1.82, 2.24) is 20.4 Å². The zero-order chi connectivity index (χ0) is 13.1. The maximum atomic E-state index is 5.77. The van der Waals surface area contributed by atoms with Gasteiger partial charge in [-0.15, -0.1) is 0 Å². The Hall–Kier alpha value is -0.980. The van der Waals surface area contributed by atoms with Crippen LogP contribution in [0.1, 0.15) is 50.0 Å². The molecule has 0 amide bonds. The molecule has 0 bridgehead atoms. The first kappa shape index (κ1) is 13.0. The van der Waals surface area contributed by atoms with Crippen molar-refractivity contribution >= 4 is 0 Å². The van der Waals surface area contributed by atoms with E-state index in [9.17, 15) is 0 Å². The predicted molar refractivity (Wildman–Crippen MR) is 69.7 cm³/mol. The second kappa shape index (κ2) is 5.98. The van der Waals surface area contributed by atoms with Crippen LogP contribution < -0.4 is 5.32 Å². The van der Waals surface area contributed by atoms with Gasteiger partial charge in [0.25, 0.3) is 0 Å². The molecule has 0 aliphatic carbocycles. The van der Waals surface area contributed by atoms with Crippen molar-refractivity contribution in [3.05, 3.63) is 11.7 Å². The molecule has 3 rings (SSSR count). The van der Waals surface area contributed by atoms with Crippen LogP contribution in [0.3, 0.4) is 0 Å². The van der Waals surface area contributed by atoms with E-state index in [1.165, 1.54) is 6.42 Å². The molecule has 1 N–H and O–H groups in total. The Morgan fingerprint density at radius 2 is 2.42 bits per heavy atom. The monoisotopic (exact) mass is 266 g/mol. The van der Waals surface area contributed by atoms with Crippen molar-refractivity contribution in [3.63, 3.8) is 0 Å². The lowest BCUT2D eigenvalue weighted by atomic mass is 10.2.